The molecule has 110 valence electrons. The fourth-order valence-electron chi connectivity index (χ4n) is 1.44. The van der Waals surface area contributed by atoms with Crippen molar-refractivity contribution in [2.24, 2.45) is 4.40 Å². The highest BCUT2D eigenvalue weighted by molar-refractivity contribution is 7.91. The minimum absolute atomic E-state index is 0.0906. The zero-order valence-electron chi connectivity index (χ0n) is 11.7. The topological polar surface area (TPSA) is 72.7 Å². The first-order valence-electron chi connectivity index (χ1n) is 6.17. The van der Waals surface area contributed by atoms with E-state index in [1.807, 2.05) is 0 Å². The fourth-order valence-corrected chi connectivity index (χ4v) is 1.96. The van der Waals surface area contributed by atoms with Crippen molar-refractivity contribution in [1.29, 1.82) is 0 Å². The lowest BCUT2D eigenvalue weighted by Gasteiger charge is -2.17. The molecule has 1 rings (SSSR count). The van der Waals surface area contributed by atoms with Crippen molar-refractivity contribution in [1.82, 2.24) is 0 Å². The van der Waals surface area contributed by atoms with Crippen LogP contribution in [0.5, 0.6) is 0 Å². The van der Waals surface area contributed by atoms with Gasteiger partial charge in [-0.05, 0) is 38.8 Å². The lowest BCUT2D eigenvalue weighted by Crippen LogP contribution is -2.26. The van der Waals surface area contributed by atoms with Gasteiger partial charge in [0, 0.05) is 12.0 Å². The summed E-state index contributed by atoms with van der Waals surface area (Å²) in [4.78, 5) is 10.6. The summed E-state index contributed by atoms with van der Waals surface area (Å²) in [5.41, 5.74) is 0.744. The number of carbonyl (C=O) groups is 1. The van der Waals surface area contributed by atoms with Gasteiger partial charge in [-0.3, -0.25) is 4.79 Å². The molecule has 0 saturated heterocycles. The average Bonchev–Trinajstić information content (AvgIpc) is 2.33. The van der Waals surface area contributed by atoms with E-state index in [1.54, 1.807) is 26.8 Å². The molecule has 0 saturated carbocycles. The smallest absolute Gasteiger partial charge is 0.303 e. The summed E-state index contributed by atoms with van der Waals surface area (Å²) in [6.45, 7) is 5.31. The monoisotopic (exact) mass is 299 g/mol. The van der Waals surface area contributed by atoms with Crippen LogP contribution < -0.4 is 0 Å². The zero-order chi connectivity index (χ0) is 15.3. The van der Waals surface area contributed by atoms with Gasteiger partial charge in [0.1, 0.15) is 21.9 Å². The molecule has 0 unspecified atom stereocenters. The van der Waals surface area contributed by atoms with Crippen LogP contribution in [-0.2, 0) is 22.6 Å². The number of aliphatic carboxylic acids is 1. The van der Waals surface area contributed by atoms with Gasteiger partial charge >= 0.3 is 5.97 Å². The van der Waals surface area contributed by atoms with Crippen LogP contribution in [0, 0.1) is 5.82 Å². The lowest BCUT2D eigenvalue weighted by molar-refractivity contribution is -0.136. The summed E-state index contributed by atoms with van der Waals surface area (Å²) in [5, 5.41) is 8.68. The van der Waals surface area contributed by atoms with Gasteiger partial charge in [-0.25, -0.2) is 4.39 Å². The van der Waals surface area contributed by atoms with Crippen molar-refractivity contribution in [3.05, 3.63) is 35.1 Å². The van der Waals surface area contributed by atoms with E-state index in [4.69, 9.17) is 5.11 Å². The number of aryl methyl sites for hydroxylation is 1. The molecule has 0 aromatic heterocycles. The summed E-state index contributed by atoms with van der Waals surface area (Å²) in [6.07, 6.45) is 1.34. The first kappa shape index (κ1) is 16.7. The third-order valence-electron chi connectivity index (χ3n) is 2.55. The van der Waals surface area contributed by atoms with Crippen LogP contribution in [-0.4, -0.2) is 26.6 Å². The van der Waals surface area contributed by atoms with Gasteiger partial charge in [0.05, 0.1) is 6.21 Å². The minimum atomic E-state index is -1.48. The first-order chi connectivity index (χ1) is 9.21. The predicted molar refractivity (Wildman–Crippen MR) is 77.8 cm³/mol. The molecule has 6 heteroatoms. The van der Waals surface area contributed by atoms with Crippen molar-refractivity contribution in [3.63, 3.8) is 0 Å². The number of benzene rings is 1. The molecule has 1 aromatic rings. The standard InChI is InChI=1S/C14H18FNO3S/c1-14(2,3)20(19)16-9-11-10(7-8-13(17)18)5-4-6-12(11)15/h4-6,9H,7-8H2,1-3H3,(H,17,18)/b16-9+/t20-/m0/s1. The van der Waals surface area contributed by atoms with Crippen LogP contribution in [0.3, 0.4) is 0 Å². The zero-order valence-corrected chi connectivity index (χ0v) is 12.5. The summed E-state index contributed by atoms with van der Waals surface area (Å²) in [6, 6.07) is 4.43. The molecule has 0 radical (unpaired) electrons. The Labute approximate surface area is 121 Å². The summed E-state index contributed by atoms with van der Waals surface area (Å²) < 4.78 is 29.0. The van der Waals surface area contributed by atoms with Crippen molar-refractivity contribution < 1.29 is 18.8 Å². The van der Waals surface area contributed by atoms with E-state index < -0.39 is 27.9 Å². The SMILES string of the molecule is CC(C)(C)[S@+]([O-])/N=C/c1c(F)cccc1CCC(=O)O. The number of halogens is 1. The number of nitrogens with zero attached hydrogens (tertiary/aromatic N) is 1. The van der Waals surface area contributed by atoms with Gasteiger partial charge in [-0.1, -0.05) is 16.5 Å². The maximum Gasteiger partial charge on any atom is 0.303 e. The number of hydrogen-bond donors (Lipinski definition) is 1. The Bertz CT molecular complexity index is 512. The highest BCUT2D eigenvalue weighted by Gasteiger charge is 2.26. The Balaban J connectivity index is 2.98. The lowest BCUT2D eigenvalue weighted by atomic mass is 10.0. The highest BCUT2D eigenvalue weighted by atomic mass is 32.2. The molecule has 0 spiro atoms. The van der Waals surface area contributed by atoms with Crippen molar-refractivity contribution in [3.8, 4) is 0 Å². The molecule has 1 N–H and O–H groups in total. The number of hydrogen-bond acceptors (Lipinski definition) is 3. The van der Waals surface area contributed by atoms with Gasteiger partial charge in [-0.2, -0.15) is 0 Å². The molecule has 0 aliphatic carbocycles. The quantitative estimate of drug-likeness (QED) is 0.671. The fraction of sp³-hybridized carbons (Fsp3) is 0.429. The Kier molecular flexibility index (Phi) is 5.71. The molecule has 4 nitrogen and oxygen atoms in total. The minimum Gasteiger partial charge on any atom is -0.591 e. The van der Waals surface area contributed by atoms with Gasteiger partial charge in [-0.15, -0.1) is 0 Å². The van der Waals surface area contributed by atoms with Gasteiger partial charge < -0.3 is 9.66 Å². The van der Waals surface area contributed by atoms with Gasteiger partial charge in [0.2, 0.25) is 0 Å². The first-order valence-corrected chi connectivity index (χ1v) is 7.27. The van der Waals surface area contributed by atoms with Crippen molar-refractivity contribution in [2.45, 2.75) is 38.4 Å². The van der Waals surface area contributed by atoms with E-state index in [9.17, 15) is 13.7 Å². The third kappa shape index (κ3) is 4.94. The number of rotatable bonds is 5. The van der Waals surface area contributed by atoms with Crippen LogP contribution in [0.2, 0.25) is 0 Å². The van der Waals surface area contributed by atoms with E-state index in [0.29, 0.717) is 5.56 Å². The van der Waals surface area contributed by atoms with E-state index in [-0.39, 0.29) is 18.4 Å². The molecule has 1 atom stereocenters. The highest BCUT2D eigenvalue weighted by Crippen LogP contribution is 2.19. The second-order valence-corrected chi connectivity index (χ2v) is 7.24. The molecule has 0 fully saturated rings. The Morgan fingerprint density at radius 2 is 2.15 bits per heavy atom. The molecular weight excluding hydrogens is 281 g/mol. The maximum absolute atomic E-state index is 13.8. The Morgan fingerprint density at radius 1 is 1.50 bits per heavy atom. The molecular formula is C14H18FNO3S. The molecule has 20 heavy (non-hydrogen) atoms. The Morgan fingerprint density at radius 3 is 2.70 bits per heavy atom. The van der Waals surface area contributed by atoms with E-state index in [1.165, 1.54) is 18.3 Å². The van der Waals surface area contributed by atoms with Gasteiger partial charge in [0.15, 0.2) is 0 Å². The summed E-state index contributed by atoms with van der Waals surface area (Å²) in [5.74, 6) is -1.45. The molecule has 0 aliphatic heterocycles. The van der Waals surface area contributed by atoms with Crippen LogP contribution in [0.25, 0.3) is 0 Å². The largest absolute Gasteiger partial charge is 0.591 e. The summed E-state index contributed by atoms with van der Waals surface area (Å²) >= 11 is -1.48. The van der Waals surface area contributed by atoms with Crippen LogP contribution >= 0.6 is 0 Å². The summed E-state index contributed by atoms with van der Waals surface area (Å²) in [7, 11) is 0. The Hall–Kier alpha value is -1.40. The predicted octanol–water partition coefficient (Wildman–Crippen LogP) is 2.72. The average molecular weight is 299 g/mol. The van der Waals surface area contributed by atoms with Crippen LogP contribution in [0.4, 0.5) is 4.39 Å². The second kappa shape index (κ2) is 6.85. The number of carboxylic acids is 1. The van der Waals surface area contributed by atoms with Crippen LogP contribution in [0.15, 0.2) is 22.6 Å². The maximum atomic E-state index is 13.8. The van der Waals surface area contributed by atoms with Crippen molar-refractivity contribution >= 4 is 23.5 Å². The molecule has 0 aliphatic rings. The molecule has 1 aromatic carbocycles. The molecule has 0 heterocycles. The molecule has 0 bridgehead atoms. The van der Waals surface area contributed by atoms with E-state index in [2.05, 4.69) is 4.40 Å². The molecule has 0 amide bonds. The third-order valence-corrected chi connectivity index (χ3v) is 3.90. The normalized spacial score (nSPS) is 13.7. The van der Waals surface area contributed by atoms with Crippen molar-refractivity contribution in [2.75, 3.05) is 0 Å². The van der Waals surface area contributed by atoms with Gasteiger partial charge in [0.25, 0.3) is 0 Å². The number of carboxylic acid groups (broad SMARTS) is 1. The van der Waals surface area contributed by atoms with E-state index >= 15 is 0 Å². The van der Waals surface area contributed by atoms with E-state index in [0.717, 1.165) is 0 Å². The second-order valence-electron chi connectivity index (χ2n) is 5.30. The van der Waals surface area contributed by atoms with Crippen LogP contribution in [0.1, 0.15) is 38.3 Å².